The van der Waals surface area contributed by atoms with E-state index in [0.29, 0.717) is 24.5 Å². The number of carbonyl (C=O) groups excluding carboxylic acids is 1. The third-order valence-electron chi connectivity index (χ3n) is 4.66. The lowest BCUT2D eigenvalue weighted by Crippen LogP contribution is -2.32. The Morgan fingerprint density at radius 1 is 1.10 bits per heavy atom. The second kappa shape index (κ2) is 8.58. The molecule has 2 aromatic rings. The number of nitrogens with zero attached hydrogens (tertiary/aromatic N) is 2. The fraction of sp³-hybridized carbons (Fsp3) is 0.316. The van der Waals surface area contributed by atoms with E-state index in [0.717, 1.165) is 12.8 Å². The summed E-state index contributed by atoms with van der Waals surface area (Å²) in [5, 5.41) is 16.5. The fourth-order valence-corrected chi connectivity index (χ4v) is 4.58. The molecule has 1 atom stereocenters. The van der Waals surface area contributed by atoms with Gasteiger partial charge < -0.3 is 10.6 Å². The molecule has 0 unspecified atom stereocenters. The monoisotopic (exact) mass is 418 g/mol. The average Bonchev–Trinajstić information content (AvgIpc) is 3.24. The molecule has 2 aromatic carbocycles. The molecule has 0 spiro atoms. The minimum absolute atomic E-state index is 0.0718. The first kappa shape index (κ1) is 20.7. The van der Waals surface area contributed by atoms with Crippen LogP contribution in [-0.4, -0.2) is 42.7 Å². The van der Waals surface area contributed by atoms with Crippen LogP contribution in [0.15, 0.2) is 53.4 Å². The van der Waals surface area contributed by atoms with Crippen LogP contribution in [0.4, 0.5) is 17.1 Å². The third-order valence-corrected chi connectivity index (χ3v) is 6.57. The van der Waals surface area contributed by atoms with Crippen molar-refractivity contribution in [2.45, 2.75) is 30.7 Å². The van der Waals surface area contributed by atoms with Crippen molar-refractivity contribution in [3.8, 4) is 0 Å². The predicted octanol–water partition coefficient (Wildman–Crippen LogP) is 2.82. The quantitative estimate of drug-likeness (QED) is 0.527. The van der Waals surface area contributed by atoms with E-state index in [4.69, 9.17) is 0 Å². The lowest BCUT2D eigenvalue weighted by molar-refractivity contribution is -0.384. The van der Waals surface area contributed by atoms with E-state index in [-0.39, 0.29) is 16.5 Å². The van der Waals surface area contributed by atoms with E-state index in [1.54, 1.807) is 25.1 Å². The van der Waals surface area contributed by atoms with Gasteiger partial charge in [-0.2, -0.15) is 4.31 Å². The summed E-state index contributed by atoms with van der Waals surface area (Å²) in [6, 6.07) is 11.3. The Morgan fingerprint density at radius 3 is 2.38 bits per heavy atom. The van der Waals surface area contributed by atoms with E-state index >= 15 is 0 Å². The summed E-state index contributed by atoms with van der Waals surface area (Å²) in [5.74, 6) is -0.355. The van der Waals surface area contributed by atoms with Gasteiger partial charge in [-0.25, -0.2) is 8.42 Å². The second-order valence-corrected chi connectivity index (χ2v) is 8.74. The smallest absolute Gasteiger partial charge is 0.271 e. The van der Waals surface area contributed by atoms with Gasteiger partial charge in [0.25, 0.3) is 5.69 Å². The molecule has 1 fully saturated rings. The maximum Gasteiger partial charge on any atom is 0.271 e. The summed E-state index contributed by atoms with van der Waals surface area (Å²) in [5.41, 5.74) is 0.842. The van der Waals surface area contributed by atoms with Crippen molar-refractivity contribution >= 4 is 33.0 Å². The van der Waals surface area contributed by atoms with Crippen LogP contribution in [0.2, 0.25) is 0 Å². The summed E-state index contributed by atoms with van der Waals surface area (Å²) in [4.78, 5) is 22.9. The zero-order valence-electron chi connectivity index (χ0n) is 15.9. The maximum atomic E-state index is 12.5. The van der Waals surface area contributed by atoms with E-state index in [1.165, 1.54) is 34.6 Å². The van der Waals surface area contributed by atoms with Gasteiger partial charge in [0.2, 0.25) is 15.9 Å². The highest BCUT2D eigenvalue weighted by Crippen LogP contribution is 2.22. The van der Waals surface area contributed by atoms with Crippen molar-refractivity contribution in [3.63, 3.8) is 0 Å². The molecule has 1 amide bonds. The summed E-state index contributed by atoms with van der Waals surface area (Å²) >= 11 is 0. The summed E-state index contributed by atoms with van der Waals surface area (Å²) in [6.07, 6.45) is 1.73. The number of nitrogens with one attached hydrogen (secondary N) is 2. The van der Waals surface area contributed by atoms with Crippen LogP contribution in [0.1, 0.15) is 19.8 Å². The molecule has 0 saturated carbocycles. The standard InChI is InChI=1S/C19H22N4O5S/c1-14(20-16-5-4-6-17(13-16)23(25)26)19(24)21-15-7-9-18(10-8-15)29(27,28)22-11-2-3-12-22/h4-10,13-14,20H,2-3,11-12H2,1H3,(H,21,24)/t14-/m0/s1. The van der Waals surface area contributed by atoms with Crippen molar-refractivity contribution in [2.24, 2.45) is 0 Å². The Bertz CT molecular complexity index is 1000. The van der Waals surface area contributed by atoms with Gasteiger partial charge in [-0.1, -0.05) is 6.07 Å². The van der Waals surface area contributed by atoms with Crippen LogP contribution in [0, 0.1) is 10.1 Å². The second-order valence-electron chi connectivity index (χ2n) is 6.80. The number of hydrogen-bond acceptors (Lipinski definition) is 6. The normalized spacial score (nSPS) is 15.6. The van der Waals surface area contributed by atoms with Crippen LogP contribution in [0.25, 0.3) is 0 Å². The predicted molar refractivity (Wildman–Crippen MR) is 109 cm³/mol. The van der Waals surface area contributed by atoms with E-state index < -0.39 is 21.0 Å². The minimum atomic E-state index is -3.50. The van der Waals surface area contributed by atoms with Gasteiger partial charge in [-0.05, 0) is 50.1 Å². The molecule has 154 valence electrons. The Kier molecular flexibility index (Phi) is 6.14. The zero-order valence-corrected chi connectivity index (χ0v) is 16.7. The molecule has 1 aliphatic rings. The number of nitro groups is 1. The molecule has 2 N–H and O–H groups in total. The van der Waals surface area contributed by atoms with Crippen LogP contribution >= 0.6 is 0 Å². The Balaban J connectivity index is 1.63. The average molecular weight is 418 g/mol. The lowest BCUT2D eigenvalue weighted by Gasteiger charge is -2.17. The molecule has 0 aromatic heterocycles. The molecule has 0 bridgehead atoms. The third kappa shape index (κ3) is 4.90. The van der Waals surface area contributed by atoms with E-state index in [1.807, 2.05) is 0 Å². The molecular weight excluding hydrogens is 396 g/mol. The number of sulfonamides is 1. The highest BCUT2D eigenvalue weighted by molar-refractivity contribution is 7.89. The van der Waals surface area contributed by atoms with Gasteiger partial charge in [-0.3, -0.25) is 14.9 Å². The summed E-state index contributed by atoms with van der Waals surface area (Å²) < 4.78 is 26.5. The van der Waals surface area contributed by atoms with Gasteiger partial charge in [0.05, 0.1) is 9.82 Å². The number of non-ortho nitro benzene ring substituents is 1. The number of carbonyl (C=O) groups is 1. The van der Waals surface area contributed by atoms with E-state index in [9.17, 15) is 23.3 Å². The SMILES string of the molecule is C[C@H](Nc1cccc([N+](=O)[O-])c1)C(=O)Nc1ccc(S(=O)(=O)N2CCCC2)cc1. The molecule has 1 aliphatic heterocycles. The van der Waals surface area contributed by atoms with Crippen LogP contribution in [-0.2, 0) is 14.8 Å². The van der Waals surface area contributed by atoms with Crippen molar-refractivity contribution in [3.05, 3.63) is 58.6 Å². The fourth-order valence-electron chi connectivity index (χ4n) is 3.06. The van der Waals surface area contributed by atoms with Crippen molar-refractivity contribution in [1.29, 1.82) is 0 Å². The highest BCUT2D eigenvalue weighted by Gasteiger charge is 2.27. The molecule has 10 heteroatoms. The Hall–Kier alpha value is -2.98. The number of anilines is 2. The zero-order chi connectivity index (χ0) is 21.0. The lowest BCUT2D eigenvalue weighted by atomic mass is 10.2. The van der Waals surface area contributed by atoms with Crippen molar-refractivity contribution in [1.82, 2.24) is 4.31 Å². The Morgan fingerprint density at radius 2 is 1.76 bits per heavy atom. The number of nitro benzene ring substituents is 1. The molecule has 9 nitrogen and oxygen atoms in total. The first-order valence-corrected chi connectivity index (χ1v) is 10.6. The molecular formula is C19H22N4O5S. The topological polar surface area (TPSA) is 122 Å². The number of hydrogen-bond donors (Lipinski definition) is 2. The summed E-state index contributed by atoms with van der Waals surface area (Å²) in [6.45, 7) is 2.68. The molecule has 29 heavy (non-hydrogen) atoms. The molecule has 1 heterocycles. The maximum absolute atomic E-state index is 12.5. The first-order valence-electron chi connectivity index (χ1n) is 9.19. The van der Waals surface area contributed by atoms with Crippen LogP contribution in [0.3, 0.4) is 0 Å². The molecule has 0 aliphatic carbocycles. The first-order chi connectivity index (χ1) is 13.8. The van der Waals surface area contributed by atoms with Crippen molar-refractivity contribution in [2.75, 3.05) is 23.7 Å². The minimum Gasteiger partial charge on any atom is -0.374 e. The van der Waals surface area contributed by atoms with E-state index in [2.05, 4.69) is 10.6 Å². The molecule has 3 rings (SSSR count). The molecule has 0 radical (unpaired) electrons. The number of benzene rings is 2. The van der Waals surface area contributed by atoms with Crippen LogP contribution < -0.4 is 10.6 Å². The largest absolute Gasteiger partial charge is 0.374 e. The molecule has 1 saturated heterocycles. The van der Waals surface area contributed by atoms with Crippen molar-refractivity contribution < 1.29 is 18.1 Å². The number of amides is 1. The van der Waals surface area contributed by atoms with Crippen LogP contribution in [0.5, 0.6) is 0 Å². The highest BCUT2D eigenvalue weighted by atomic mass is 32.2. The number of rotatable bonds is 7. The van der Waals surface area contributed by atoms with Gasteiger partial charge >= 0.3 is 0 Å². The van der Waals surface area contributed by atoms with Gasteiger partial charge in [0.15, 0.2) is 0 Å². The van der Waals surface area contributed by atoms with Gasteiger partial charge in [0.1, 0.15) is 6.04 Å². The summed E-state index contributed by atoms with van der Waals surface area (Å²) in [7, 11) is -3.50. The van der Waals surface area contributed by atoms with Gasteiger partial charge in [-0.15, -0.1) is 0 Å². The Labute approximate surface area is 168 Å². The van der Waals surface area contributed by atoms with Gasteiger partial charge in [0, 0.05) is 36.6 Å².